The zero-order valence-corrected chi connectivity index (χ0v) is 12.0. The zero-order chi connectivity index (χ0) is 12.3. The first-order valence-corrected chi connectivity index (χ1v) is 6.53. The second-order valence-corrected chi connectivity index (χ2v) is 4.87. The van der Waals surface area contributed by atoms with Crippen molar-refractivity contribution in [2.24, 2.45) is 7.05 Å². The standard InChI is InChI=1S/C11H14IN5/c1-3-4-14-10-8(12)5-15-11(16-10)9-6-13-7-17(9)2/h5-7H,3-4H2,1-2H3,(H,14,15,16). The maximum absolute atomic E-state index is 4.52. The van der Waals surface area contributed by atoms with Crippen molar-refractivity contribution in [1.82, 2.24) is 19.5 Å². The van der Waals surface area contributed by atoms with Crippen LogP contribution in [-0.4, -0.2) is 26.1 Å². The van der Waals surface area contributed by atoms with Crippen LogP contribution in [0.2, 0.25) is 0 Å². The van der Waals surface area contributed by atoms with Crippen molar-refractivity contribution >= 4 is 28.4 Å². The Kier molecular flexibility index (Phi) is 3.93. The topological polar surface area (TPSA) is 55.6 Å². The molecule has 0 atom stereocenters. The highest BCUT2D eigenvalue weighted by molar-refractivity contribution is 14.1. The lowest BCUT2D eigenvalue weighted by molar-refractivity contribution is 0.905. The third-order valence-electron chi connectivity index (χ3n) is 2.33. The van der Waals surface area contributed by atoms with E-state index in [2.05, 4.69) is 49.8 Å². The minimum absolute atomic E-state index is 0.698. The fourth-order valence-electron chi connectivity index (χ4n) is 1.43. The summed E-state index contributed by atoms with van der Waals surface area (Å²) >= 11 is 2.23. The number of hydrogen-bond acceptors (Lipinski definition) is 4. The van der Waals surface area contributed by atoms with Gasteiger partial charge in [-0.3, -0.25) is 0 Å². The number of rotatable bonds is 4. The van der Waals surface area contributed by atoms with Crippen LogP contribution >= 0.6 is 22.6 Å². The van der Waals surface area contributed by atoms with Crippen molar-refractivity contribution < 1.29 is 0 Å². The Hall–Kier alpha value is -1.18. The number of aryl methyl sites for hydroxylation is 1. The lowest BCUT2D eigenvalue weighted by Crippen LogP contribution is -2.06. The average molecular weight is 343 g/mol. The molecule has 0 saturated heterocycles. The maximum Gasteiger partial charge on any atom is 0.179 e. The van der Waals surface area contributed by atoms with Crippen LogP contribution in [0.4, 0.5) is 5.82 Å². The third-order valence-corrected chi connectivity index (χ3v) is 3.12. The molecule has 0 aliphatic carbocycles. The van der Waals surface area contributed by atoms with Gasteiger partial charge < -0.3 is 9.88 Å². The highest BCUT2D eigenvalue weighted by atomic mass is 127. The third kappa shape index (κ3) is 2.74. The quantitative estimate of drug-likeness (QED) is 0.866. The van der Waals surface area contributed by atoms with Crippen molar-refractivity contribution in [2.45, 2.75) is 13.3 Å². The number of aromatic nitrogens is 4. The number of anilines is 1. The Morgan fingerprint density at radius 1 is 1.41 bits per heavy atom. The van der Waals surface area contributed by atoms with Crippen LogP contribution in [0.1, 0.15) is 13.3 Å². The van der Waals surface area contributed by atoms with Crippen molar-refractivity contribution in [1.29, 1.82) is 0 Å². The summed E-state index contributed by atoms with van der Waals surface area (Å²) in [4.78, 5) is 12.9. The summed E-state index contributed by atoms with van der Waals surface area (Å²) in [5, 5.41) is 3.30. The molecule has 0 aromatic carbocycles. The van der Waals surface area contributed by atoms with E-state index in [1.165, 1.54) is 0 Å². The molecule has 2 aromatic heterocycles. The van der Waals surface area contributed by atoms with Crippen LogP contribution in [0.25, 0.3) is 11.5 Å². The van der Waals surface area contributed by atoms with E-state index in [4.69, 9.17) is 0 Å². The normalized spacial score (nSPS) is 10.5. The second kappa shape index (κ2) is 5.44. The van der Waals surface area contributed by atoms with Crippen LogP contribution in [-0.2, 0) is 7.05 Å². The fraction of sp³-hybridized carbons (Fsp3) is 0.364. The molecule has 17 heavy (non-hydrogen) atoms. The number of nitrogens with zero attached hydrogens (tertiary/aromatic N) is 4. The predicted octanol–water partition coefficient (Wildman–Crippen LogP) is 2.30. The molecule has 0 saturated carbocycles. The summed E-state index contributed by atoms with van der Waals surface area (Å²) in [6.07, 6.45) is 6.41. The van der Waals surface area contributed by atoms with Gasteiger partial charge in [0.25, 0.3) is 0 Å². The Morgan fingerprint density at radius 2 is 2.24 bits per heavy atom. The van der Waals surface area contributed by atoms with Gasteiger partial charge in [0.15, 0.2) is 5.82 Å². The number of hydrogen-bond donors (Lipinski definition) is 1. The molecule has 0 spiro atoms. The smallest absolute Gasteiger partial charge is 0.179 e. The molecule has 0 bridgehead atoms. The first-order chi connectivity index (χ1) is 8.22. The lowest BCUT2D eigenvalue weighted by atomic mass is 10.4. The minimum atomic E-state index is 0.698. The second-order valence-electron chi connectivity index (χ2n) is 3.71. The summed E-state index contributed by atoms with van der Waals surface area (Å²) in [5.74, 6) is 1.59. The van der Waals surface area contributed by atoms with Crippen molar-refractivity contribution in [3.8, 4) is 11.5 Å². The number of imidazole rings is 1. The molecule has 0 aliphatic rings. The molecule has 2 heterocycles. The molecule has 2 aromatic rings. The van der Waals surface area contributed by atoms with Gasteiger partial charge in [0.1, 0.15) is 11.5 Å². The Bertz CT molecular complexity index is 508. The molecule has 90 valence electrons. The van der Waals surface area contributed by atoms with Crippen LogP contribution in [0.3, 0.4) is 0 Å². The van der Waals surface area contributed by atoms with E-state index in [0.29, 0.717) is 5.82 Å². The average Bonchev–Trinajstić information content (AvgIpc) is 2.75. The number of halogens is 1. The van der Waals surface area contributed by atoms with Gasteiger partial charge in [-0.1, -0.05) is 6.92 Å². The molecule has 0 aliphatic heterocycles. The van der Waals surface area contributed by atoms with Crippen LogP contribution in [0.15, 0.2) is 18.7 Å². The van der Waals surface area contributed by atoms with E-state index >= 15 is 0 Å². The van der Waals surface area contributed by atoms with Crippen molar-refractivity contribution in [2.75, 3.05) is 11.9 Å². The predicted molar refractivity (Wildman–Crippen MR) is 75.7 cm³/mol. The largest absolute Gasteiger partial charge is 0.369 e. The van der Waals surface area contributed by atoms with Crippen molar-refractivity contribution in [3.63, 3.8) is 0 Å². The van der Waals surface area contributed by atoms with Crippen LogP contribution in [0, 0.1) is 3.57 Å². The lowest BCUT2D eigenvalue weighted by Gasteiger charge is -2.08. The van der Waals surface area contributed by atoms with Gasteiger partial charge in [0.05, 0.1) is 16.1 Å². The highest BCUT2D eigenvalue weighted by Crippen LogP contribution is 2.19. The van der Waals surface area contributed by atoms with E-state index in [1.54, 1.807) is 12.5 Å². The van der Waals surface area contributed by atoms with Gasteiger partial charge in [-0.2, -0.15) is 0 Å². The summed E-state index contributed by atoms with van der Waals surface area (Å²) in [6.45, 7) is 3.04. The van der Waals surface area contributed by atoms with Crippen molar-refractivity contribution in [3.05, 3.63) is 22.3 Å². The summed E-state index contributed by atoms with van der Waals surface area (Å²) in [5.41, 5.74) is 0.918. The SMILES string of the molecule is CCCNc1nc(-c2cncn2C)ncc1I. The summed E-state index contributed by atoms with van der Waals surface area (Å²) in [7, 11) is 1.93. The van der Waals surface area contributed by atoms with Gasteiger partial charge in [0, 0.05) is 19.8 Å². The maximum atomic E-state index is 4.52. The number of nitrogens with one attached hydrogen (secondary N) is 1. The summed E-state index contributed by atoms with van der Waals surface area (Å²) in [6, 6.07) is 0. The Labute approximate surface area is 114 Å². The van der Waals surface area contributed by atoms with Gasteiger partial charge in [-0.05, 0) is 29.0 Å². The van der Waals surface area contributed by atoms with Gasteiger partial charge in [0.2, 0.25) is 0 Å². The van der Waals surface area contributed by atoms with E-state index in [0.717, 1.165) is 28.0 Å². The van der Waals surface area contributed by atoms with E-state index in [-0.39, 0.29) is 0 Å². The monoisotopic (exact) mass is 343 g/mol. The molecule has 0 fully saturated rings. The van der Waals surface area contributed by atoms with Gasteiger partial charge in [-0.25, -0.2) is 15.0 Å². The molecule has 0 amide bonds. The molecule has 1 N–H and O–H groups in total. The van der Waals surface area contributed by atoms with Crippen LogP contribution < -0.4 is 5.32 Å². The first kappa shape index (κ1) is 12.3. The highest BCUT2D eigenvalue weighted by Gasteiger charge is 2.09. The summed E-state index contributed by atoms with van der Waals surface area (Å²) < 4.78 is 2.94. The first-order valence-electron chi connectivity index (χ1n) is 5.45. The minimum Gasteiger partial charge on any atom is -0.369 e. The molecule has 0 radical (unpaired) electrons. The zero-order valence-electron chi connectivity index (χ0n) is 9.81. The molecule has 2 rings (SSSR count). The van der Waals surface area contributed by atoms with Crippen LogP contribution in [0.5, 0.6) is 0 Å². The van der Waals surface area contributed by atoms with Gasteiger partial charge in [-0.15, -0.1) is 0 Å². The van der Waals surface area contributed by atoms with E-state index < -0.39 is 0 Å². The fourth-order valence-corrected chi connectivity index (χ4v) is 1.88. The Morgan fingerprint density at radius 3 is 2.88 bits per heavy atom. The molecular weight excluding hydrogens is 329 g/mol. The molecule has 6 heteroatoms. The Balaban J connectivity index is 2.34. The van der Waals surface area contributed by atoms with Gasteiger partial charge >= 0.3 is 0 Å². The molecule has 5 nitrogen and oxygen atoms in total. The molecule has 0 unspecified atom stereocenters. The molecular formula is C11H14IN5. The van der Waals surface area contributed by atoms with E-state index in [9.17, 15) is 0 Å². The van der Waals surface area contributed by atoms with E-state index in [1.807, 2.05) is 17.8 Å².